The number of rotatable bonds is 12. The fraction of sp³-hybridized carbons (Fsp3) is 0.269. The molecular formula is C26H23F7N2O3. The van der Waals surface area contributed by atoms with E-state index < -0.39 is 54.5 Å². The largest absolute Gasteiger partial charge is 0.431 e. The first-order valence-corrected chi connectivity index (χ1v) is 11.2. The summed E-state index contributed by atoms with van der Waals surface area (Å²) in [4.78, 5) is 12.3. The van der Waals surface area contributed by atoms with E-state index in [0.29, 0.717) is 11.1 Å². The highest BCUT2D eigenvalue weighted by molar-refractivity contribution is 5.81. The lowest BCUT2D eigenvalue weighted by atomic mass is 9.95. The lowest BCUT2D eigenvalue weighted by Gasteiger charge is -2.26. The summed E-state index contributed by atoms with van der Waals surface area (Å²) in [6, 6.07) is 14.4. The van der Waals surface area contributed by atoms with Gasteiger partial charge in [-0.2, -0.15) is 30.7 Å². The molecule has 0 radical (unpaired) electrons. The molecule has 3 aromatic rings. The Morgan fingerprint density at radius 3 is 1.97 bits per heavy atom. The topological polar surface area (TPSA) is 73.6 Å². The van der Waals surface area contributed by atoms with Gasteiger partial charge in [-0.25, -0.2) is 0 Å². The smallest absolute Gasteiger partial charge is 0.416 e. The molecule has 1 amide bonds. The molecule has 0 unspecified atom stereocenters. The van der Waals surface area contributed by atoms with Crippen LogP contribution >= 0.6 is 0 Å². The third kappa shape index (κ3) is 8.10. The van der Waals surface area contributed by atoms with Crippen LogP contribution in [0.25, 0.3) is 0 Å². The van der Waals surface area contributed by atoms with E-state index in [-0.39, 0.29) is 18.4 Å². The third-order valence-corrected chi connectivity index (χ3v) is 5.59. The van der Waals surface area contributed by atoms with Gasteiger partial charge in [0.15, 0.2) is 11.5 Å². The number of carbonyl (C=O) groups excluding carboxylic acids is 1. The van der Waals surface area contributed by atoms with Crippen molar-refractivity contribution in [3.05, 3.63) is 95.1 Å². The predicted octanol–water partition coefficient (Wildman–Crippen LogP) is 6.40. The maximum Gasteiger partial charge on any atom is 0.416 e. The number of primary amides is 1. The van der Waals surface area contributed by atoms with Crippen LogP contribution in [0.5, 0.6) is 11.5 Å². The molecule has 0 spiro atoms. The molecule has 3 aromatic carbocycles. The van der Waals surface area contributed by atoms with Gasteiger partial charge < -0.3 is 15.2 Å². The van der Waals surface area contributed by atoms with E-state index in [4.69, 9.17) is 5.73 Å². The average Bonchev–Trinajstić information content (AvgIpc) is 2.85. The Labute approximate surface area is 213 Å². The summed E-state index contributed by atoms with van der Waals surface area (Å²) in [6.07, 6.45) is -4.14. The van der Waals surface area contributed by atoms with Gasteiger partial charge >= 0.3 is 19.4 Å². The van der Waals surface area contributed by atoms with Gasteiger partial charge in [0.1, 0.15) is 6.04 Å². The monoisotopic (exact) mass is 544 g/mol. The fourth-order valence-electron chi connectivity index (χ4n) is 3.83. The number of amides is 1. The zero-order valence-corrected chi connectivity index (χ0v) is 19.6. The molecule has 38 heavy (non-hydrogen) atoms. The van der Waals surface area contributed by atoms with Gasteiger partial charge in [0, 0.05) is 6.04 Å². The molecule has 12 heteroatoms. The number of halogens is 7. The van der Waals surface area contributed by atoms with Crippen LogP contribution in [0.3, 0.4) is 0 Å². The molecule has 0 aromatic heterocycles. The number of nitrogens with two attached hydrogens (primary N) is 1. The molecule has 0 saturated carbocycles. The van der Waals surface area contributed by atoms with Gasteiger partial charge in [0.05, 0.1) is 5.56 Å². The summed E-state index contributed by atoms with van der Waals surface area (Å²) >= 11 is 0. The van der Waals surface area contributed by atoms with E-state index in [0.717, 1.165) is 24.3 Å². The van der Waals surface area contributed by atoms with Crippen molar-refractivity contribution in [3.63, 3.8) is 0 Å². The van der Waals surface area contributed by atoms with E-state index in [2.05, 4.69) is 14.8 Å². The second kappa shape index (κ2) is 12.6. The van der Waals surface area contributed by atoms with Gasteiger partial charge in [-0.05, 0) is 53.8 Å². The molecule has 0 bridgehead atoms. The Morgan fingerprint density at radius 1 is 0.816 bits per heavy atom. The molecule has 0 heterocycles. The number of hydrogen-bond donors (Lipinski definition) is 2. The quantitative estimate of drug-likeness (QED) is 0.259. The first-order chi connectivity index (χ1) is 17.9. The van der Waals surface area contributed by atoms with Crippen LogP contribution in [0.4, 0.5) is 30.7 Å². The van der Waals surface area contributed by atoms with Gasteiger partial charge in [0.2, 0.25) is 5.91 Å². The van der Waals surface area contributed by atoms with Crippen molar-refractivity contribution in [3.8, 4) is 11.5 Å². The minimum atomic E-state index is -4.50. The molecule has 5 nitrogen and oxygen atoms in total. The van der Waals surface area contributed by atoms with E-state index in [1.54, 1.807) is 30.3 Å². The predicted molar refractivity (Wildman–Crippen MR) is 124 cm³/mol. The van der Waals surface area contributed by atoms with Gasteiger partial charge in [-0.3, -0.25) is 10.1 Å². The maximum absolute atomic E-state index is 13.0. The molecule has 3 rings (SSSR count). The highest BCUT2D eigenvalue weighted by Gasteiger charge is 2.30. The molecular weight excluding hydrogens is 521 g/mol. The lowest BCUT2D eigenvalue weighted by Crippen LogP contribution is -2.36. The second-order valence-electron chi connectivity index (χ2n) is 8.16. The van der Waals surface area contributed by atoms with Crippen molar-refractivity contribution in [2.45, 2.75) is 44.3 Å². The van der Waals surface area contributed by atoms with Crippen LogP contribution < -0.4 is 20.5 Å². The highest BCUT2D eigenvalue weighted by Crippen LogP contribution is 2.35. The highest BCUT2D eigenvalue weighted by atomic mass is 19.4. The summed E-state index contributed by atoms with van der Waals surface area (Å²) in [7, 11) is 0. The Morgan fingerprint density at radius 2 is 1.42 bits per heavy atom. The number of ether oxygens (including phenoxy) is 2. The molecule has 0 fully saturated rings. The lowest BCUT2D eigenvalue weighted by molar-refractivity contribution is -0.137. The number of benzene rings is 3. The van der Waals surface area contributed by atoms with E-state index >= 15 is 0 Å². The summed E-state index contributed by atoms with van der Waals surface area (Å²) in [5.41, 5.74) is 6.07. The molecule has 0 aliphatic heterocycles. The van der Waals surface area contributed by atoms with Crippen LogP contribution in [0.2, 0.25) is 0 Å². The van der Waals surface area contributed by atoms with Gasteiger partial charge in [-0.1, -0.05) is 48.5 Å². The fourth-order valence-corrected chi connectivity index (χ4v) is 3.83. The average molecular weight is 544 g/mol. The number of alkyl halides is 7. The van der Waals surface area contributed by atoms with Crippen LogP contribution in [-0.2, 0) is 17.4 Å². The van der Waals surface area contributed by atoms with Crippen LogP contribution in [0, 0.1) is 0 Å². The minimum Gasteiger partial charge on any atom is -0.431 e. The number of nitrogens with one attached hydrogen (secondary N) is 1. The van der Waals surface area contributed by atoms with Crippen LogP contribution in [-0.4, -0.2) is 19.1 Å². The summed E-state index contributed by atoms with van der Waals surface area (Å²) in [5.74, 6) is -2.04. The Hall–Kier alpha value is -3.80. The second-order valence-corrected chi connectivity index (χ2v) is 8.16. The molecule has 0 aliphatic carbocycles. The first kappa shape index (κ1) is 28.8. The number of aryl methyl sites for hydroxylation is 1. The normalized spacial score (nSPS) is 13.4. The number of carbonyl (C=O) groups is 1. The minimum absolute atomic E-state index is 0.158. The SMILES string of the molecule is NC(=O)[C@H](N[C@@H](CCc1ccc(C(F)(F)F)cc1)c1ccc(OC(F)F)c(OC(F)F)c1)c1ccccc1. The maximum atomic E-state index is 13.0. The van der Waals surface area contributed by atoms with Gasteiger partial charge in [-0.15, -0.1) is 0 Å². The Balaban J connectivity index is 1.95. The van der Waals surface area contributed by atoms with Crippen molar-refractivity contribution < 1.29 is 45.0 Å². The third-order valence-electron chi connectivity index (χ3n) is 5.59. The summed E-state index contributed by atoms with van der Waals surface area (Å²) in [6.45, 7) is -6.64. The molecule has 204 valence electrons. The van der Waals surface area contributed by atoms with E-state index in [9.17, 15) is 35.5 Å². The zero-order valence-electron chi connectivity index (χ0n) is 19.6. The van der Waals surface area contributed by atoms with E-state index in [1.807, 2.05) is 0 Å². The number of hydrogen-bond acceptors (Lipinski definition) is 4. The Kier molecular flexibility index (Phi) is 9.56. The van der Waals surface area contributed by atoms with Crippen LogP contribution in [0.15, 0.2) is 72.8 Å². The first-order valence-electron chi connectivity index (χ1n) is 11.2. The standard InChI is InChI=1S/C26H23F7N2O3/c27-24(28)37-20-13-9-17(14-21(20)38-25(29)30)19(35-22(23(34)36)16-4-2-1-3-5-16)12-8-15-6-10-18(11-7-15)26(31,32)33/h1-7,9-11,13-14,19,22,24-25,35H,8,12H2,(H2,34,36)/t19-,22+/m0/s1. The molecule has 0 aliphatic rings. The van der Waals surface area contributed by atoms with Crippen molar-refractivity contribution in [1.29, 1.82) is 0 Å². The van der Waals surface area contributed by atoms with Crippen LogP contribution in [0.1, 0.15) is 40.8 Å². The zero-order chi connectivity index (χ0) is 27.9. The van der Waals surface area contributed by atoms with E-state index in [1.165, 1.54) is 18.2 Å². The molecule has 3 N–H and O–H groups in total. The van der Waals surface area contributed by atoms with Crippen molar-refractivity contribution in [1.82, 2.24) is 5.32 Å². The summed E-state index contributed by atoms with van der Waals surface area (Å²) < 4.78 is 98.8. The van der Waals surface area contributed by atoms with Crippen molar-refractivity contribution >= 4 is 5.91 Å². The summed E-state index contributed by atoms with van der Waals surface area (Å²) in [5, 5.41) is 3.05. The molecule has 0 saturated heterocycles. The van der Waals surface area contributed by atoms with Crippen molar-refractivity contribution in [2.75, 3.05) is 0 Å². The Bertz CT molecular complexity index is 1190. The van der Waals surface area contributed by atoms with Gasteiger partial charge in [0.25, 0.3) is 0 Å². The molecule has 2 atom stereocenters. The van der Waals surface area contributed by atoms with Crippen molar-refractivity contribution in [2.24, 2.45) is 5.73 Å².